The maximum absolute atomic E-state index is 11.5. The number of hydrogen-bond donors (Lipinski definition) is 1. The minimum Gasteiger partial charge on any atom is -0.309 e. The van der Waals surface area contributed by atoms with Gasteiger partial charge < -0.3 is 5.32 Å². The molecule has 0 spiro atoms. The van der Waals surface area contributed by atoms with Gasteiger partial charge in [-0.05, 0) is 24.6 Å². The molecule has 1 heterocycles. The highest BCUT2D eigenvalue weighted by atomic mass is 35.5. The monoisotopic (exact) mass is 256 g/mol. The van der Waals surface area contributed by atoms with Gasteiger partial charge in [-0.2, -0.15) is 0 Å². The van der Waals surface area contributed by atoms with E-state index in [2.05, 4.69) is 10.3 Å². The highest BCUT2D eigenvalue weighted by molar-refractivity contribution is 6.42. The quantitative estimate of drug-likeness (QED) is 0.869. The van der Waals surface area contributed by atoms with Gasteiger partial charge in [-0.15, -0.1) is 0 Å². The molecule has 1 N–H and O–H groups in total. The number of aliphatic imine (C=N–C) groups is 1. The molecule has 0 aromatic heterocycles. The lowest BCUT2D eigenvalue weighted by atomic mass is 10.2. The average molecular weight is 257 g/mol. The van der Waals surface area contributed by atoms with Crippen LogP contribution in [0.5, 0.6) is 0 Å². The Morgan fingerprint density at radius 1 is 1.38 bits per heavy atom. The first-order chi connectivity index (χ1) is 7.61. The van der Waals surface area contributed by atoms with Gasteiger partial charge in [-0.3, -0.25) is 9.79 Å². The second-order valence-corrected chi connectivity index (χ2v) is 4.33. The lowest BCUT2D eigenvalue weighted by Crippen LogP contribution is -2.28. The van der Waals surface area contributed by atoms with Crippen LogP contribution in [0.3, 0.4) is 0 Å². The summed E-state index contributed by atoms with van der Waals surface area (Å²) in [6.07, 6.45) is 0.691. The predicted molar refractivity (Wildman–Crippen MR) is 65.2 cm³/mol. The van der Waals surface area contributed by atoms with Crippen LogP contribution in [0, 0.1) is 0 Å². The van der Waals surface area contributed by atoms with E-state index >= 15 is 0 Å². The maximum Gasteiger partial charge on any atom is 0.250 e. The fourth-order valence-corrected chi connectivity index (χ4v) is 1.81. The molecule has 2 rings (SSSR count). The summed E-state index contributed by atoms with van der Waals surface area (Å²) >= 11 is 11.7. The summed E-state index contributed by atoms with van der Waals surface area (Å²) in [6.45, 7) is 1.92. The third kappa shape index (κ3) is 2.06. The second kappa shape index (κ2) is 4.44. The number of hydrogen-bond acceptors (Lipinski definition) is 2. The minimum absolute atomic E-state index is 0.0661. The Morgan fingerprint density at radius 3 is 2.69 bits per heavy atom. The van der Waals surface area contributed by atoms with Crippen LogP contribution in [-0.4, -0.2) is 17.8 Å². The summed E-state index contributed by atoms with van der Waals surface area (Å²) in [6, 6.07) is 4.88. The van der Waals surface area contributed by atoms with E-state index in [0.717, 1.165) is 5.56 Å². The molecule has 3 nitrogen and oxygen atoms in total. The molecule has 16 heavy (non-hydrogen) atoms. The van der Waals surface area contributed by atoms with Crippen molar-refractivity contribution in [2.45, 2.75) is 19.4 Å². The van der Waals surface area contributed by atoms with Gasteiger partial charge in [0.05, 0.1) is 10.0 Å². The molecule has 1 aliphatic rings. The number of halogens is 2. The van der Waals surface area contributed by atoms with Crippen LogP contribution < -0.4 is 5.32 Å². The molecule has 1 unspecified atom stereocenters. The summed E-state index contributed by atoms with van der Waals surface area (Å²) in [5.74, 6) is 0.499. The molecule has 0 saturated heterocycles. The van der Waals surface area contributed by atoms with Gasteiger partial charge in [0, 0.05) is 5.56 Å². The molecule has 0 bridgehead atoms. The molecule has 5 heteroatoms. The number of carbonyl (C=O) groups excluding carboxylic acids is 1. The van der Waals surface area contributed by atoms with Crippen molar-refractivity contribution in [2.24, 2.45) is 4.99 Å². The number of rotatable bonds is 2. The zero-order valence-electron chi connectivity index (χ0n) is 8.63. The van der Waals surface area contributed by atoms with E-state index in [1.807, 2.05) is 6.92 Å². The van der Waals surface area contributed by atoms with E-state index < -0.39 is 0 Å². The topological polar surface area (TPSA) is 41.5 Å². The molecular weight excluding hydrogens is 247 g/mol. The minimum atomic E-state index is -0.288. The van der Waals surface area contributed by atoms with E-state index in [1.165, 1.54) is 0 Å². The highest BCUT2D eigenvalue weighted by Crippen LogP contribution is 2.23. The first kappa shape index (κ1) is 11.4. The van der Waals surface area contributed by atoms with E-state index in [9.17, 15) is 4.79 Å². The fourth-order valence-electron chi connectivity index (χ4n) is 1.51. The molecule has 0 saturated carbocycles. The van der Waals surface area contributed by atoms with Crippen molar-refractivity contribution in [3.8, 4) is 0 Å². The van der Waals surface area contributed by atoms with Crippen LogP contribution >= 0.6 is 23.2 Å². The standard InChI is InChI=1S/C11H10Cl2N2O/c1-2-9-11(16)15-10(14-9)6-3-4-7(12)8(13)5-6/h3-5,9H,2H2,1H3,(H,14,15,16). The van der Waals surface area contributed by atoms with Gasteiger partial charge in [0.25, 0.3) is 0 Å². The Morgan fingerprint density at radius 2 is 2.12 bits per heavy atom. The van der Waals surface area contributed by atoms with Crippen LogP contribution in [0.25, 0.3) is 0 Å². The van der Waals surface area contributed by atoms with E-state index in [1.54, 1.807) is 18.2 Å². The summed E-state index contributed by atoms with van der Waals surface area (Å²) in [5, 5.41) is 3.67. The molecule has 0 aliphatic carbocycles. The third-order valence-electron chi connectivity index (χ3n) is 2.41. The Bertz CT molecular complexity index is 471. The Labute approximate surface area is 103 Å². The van der Waals surface area contributed by atoms with E-state index in [4.69, 9.17) is 23.2 Å². The Hall–Kier alpha value is -1.06. The first-order valence-electron chi connectivity index (χ1n) is 4.96. The van der Waals surface area contributed by atoms with E-state index in [0.29, 0.717) is 22.3 Å². The average Bonchev–Trinajstić information content (AvgIpc) is 2.64. The first-order valence-corrected chi connectivity index (χ1v) is 5.71. The van der Waals surface area contributed by atoms with Gasteiger partial charge >= 0.3 is 0 Å². The molecular formula is C11H10Cl2N2O. The molecule has 1 amide bonds. The van der Waals surface area contributed by atoms with Gasteiger partial charge in [-0.25, -0.2) is 0 Å². The van der Waals surface area contributed by atoms with Gasteiger partial charge in [-0.1, -0.05) is 30.1 Å². The maximum atomic E-state index is 11.5. The number of nitrogens with zero attached hydrogens (tertiary/aromatic N) is 1. The summed E-state index contributed by atoms with van der Waals surface area (Å²) in [7, 11) is 0. The van der Waals surface area contributed by atoms with Crippen molar-refractivity contribution in [2.75, 3.05) is 0 Å². The fraction of sp³-hybridized carbons (Fsp3) is 0.273. The number of nitrogens with one attached hydrogen (secondary N) is 1. The third-order valence-corrected chi connectivity index (χ3v) is 3.15. The summed E-state index contributed by atoms with van der Waals surface area (Å²) in [4.78, 5) is 15.7. The normalized spacial score (nSPS) is 19.6. The molecule has 1 aromatic carbocycles. The van der Waals surface area contributed by atoms with Crippen molar-refractivity contribution in [3.63, 3.8) is 0 Å². The van der Waals surface area contributed by atoms with Gasteiger partial charge in [0.1, 0.15) is 11.9 Å². The Balaban J connectivity index is 2.32. The smallest absolute Gasteiger partial charge is 0.250 e. The van der Waals surface area contributed by atoms with Crippen molar-refractivity contribution in [1.29, 1.82) is 0 Å². The second-order valence-electron chi connectivity index (χ2n) is 3.52. The zero-order valence-corrected chi connectivity index (χ0v) is 10.1. The molecule has 1 aliphatic heterocycles. The number of benzene rings is 1. The van der Waals surface area contributed by atoms with E-state index in [-0.39, 0.29) is 11.9 Å². The SMILES string of the molecule is CCC1N=C(c2ccc(Cl)c(Cl)c2)NC1=O. The van der Waals surface area contributed by atoms with Crippen LogP contribution in [-0.2, 0) is 4.79 Å². The van der Waals surface area contributed by atoms with Crippen molar-refractivity contribution < 1.29 is 4.79 Å². The van der Waals surface area contributed by atoms with Crippen molar-refractivity contribution in [3.05, 3.63) is 33.8 Å². The Kier molecular flexibility index (Phi) is 3.17. The lowest BCUT2D eigenvalue weighted by Gasteiger charge is -2.02. The molecule has 1 atom stereocenters. The van der Waals surface area contributed by atoms with Crippen molar-refractivity contribution in [1.82, 2.24) is 5.32 Å². The van der Waals surface area contributed by atoms with Gasteiger partial charge in [0.2, 0.25) is 5.91 Å². The summed E-state index contributed by atoms with van der Waals surface area (Å²) < 4.78 is 0. The molecule has 84 valence electrons. The van der Waals surface area contributed by atoms with Gasteiger partial charge in [0.15, 0.2) is 0 Å². The number of carbonyl (C=O) groups is 1. The highest BCUT2D eigenvalue weighted by Gasteiger charge is 2.25. The molecule has 1 aromatic rings. The van der Waals surface area contributed by atoms with Crippen LogP contribution in [0.2, 0.25) is 10.0 Å². The summed E-state index contributed by atoms with van der Waals surface area (Å²) in [5.41, 5.74) is 0.777. The van der Waals surface area contributed by atoms with Crippen LogP contribution in [0.1, 0.15) is 18.9 Å². The number of amidine groups is 1. The number of amides is 1. The van der Waals surface area contributed by atoms with Crippen LogP contribution in [0.4, 0.5) is 0 Å². The lowest BCUT2D eigenvalue weighted by molar-refractivity contribution is -0.120. The molecule has 0 fully saturated rings. The van der Waals surface area contributed by atoms with Crippen LogP contribution in [0.15, 0.2) is 23.2 Å². The van der Waals surface area contributed by atoms with Crippen molar-refractivity contribution >= 4 is 34.9 Å². The largest absolute Gasteiger partial charge is 0.309 e. The predicted octanol–water partition coefficient (Wildman–Crippen LogP) is 2.65. The molecule has 0 radical (unpaired) electrons. The zero-order chi connectivity index (χ0) is 11.7.